The number of halogens is 3. The number of hydrogen-bond donors (Lipinski definition) is 1. The predicted octanol–water partition coefficient (Wildman–Crippen LogP) is 3.94. The summed E-state index contributed by atoms with van der Waals surface area (Å²) >= 11 is 0. The lowest BCUT2D eigenvalue weighted by Crippen LogP contribution is -2.32. The van der Waals surface area contributed by atoms with Crippen LogP contribution in [0.5, 0.6) is 11.6 Å². The Morgan fingerprint density at radius 2 is 1.91 bits per heavy atom. The van der Waals surface area contributed by atoms with Crippen molar-refractivity contribution in [3.8, 4) is 17.3 Å². The summed E-state index contributed by atoms with van der Waals surface area (Å²) in [6.45, 7) is 0.498. The number of hydrogen-bond acceptors (Lipinski definition) is 6. The zero-order valence-electron chi connectivity index (χ0n) is 16.9. The van der Waals surface area contributed by atoms with E-state index in [0.717, 1.165) is 10.9 Å². The lowest BCUT2D eigenvalue weighted by Gasteiger charge is -2.20. The molecule has 0 radical (unpaired) electrons. The normalized spacial score (nSPS) is 14.0. The van der Waals surface area contributed by atoms with E-state index < -0.39 is 6.36 Å². The number of anilines is 2. The van der Waals surface area contributed by atoms with Crippen LogP contribution in [0.25, 0.3) is 16.6 Å². The highest BCUT2D eigenvalue weighted by molar-refractivity contribution is 6.11. The summed E-state index contributed by atoms with van der Waals surface area (Å²) in [4.78, 5) is 22.5. The van der Waals surface area contributed by atoms with Crippen LogP contribution in [0.2, 0.25) is 0 Å². The number of fused-ring (bicyclic) bond motifs is 2. The Morgan fingerprint density at radius 3 is 2.73 bits per heavy atom. The van der Waals surface area contributed by atoms with Crippen LogP contribution < -0.4 is 20.1 Å². The molecule has 0 fully saturated rings. The number of ether oxygens (including phenoxy) is 2. The molecule has 0 spiro atoms. The average molecular weight is 455 g/mol. The third kappa shape index (κ3) is 3.88. The highest BCUT2D eigenvalue weighted by atomic mass is 19.4. The van der Waals surface area contributed by atoms with Crippen LogP contribution in [-0.4, -0.2) is 40.0 Å². The summed E-state index contributed by atoms with van der Waals surface area (Å²) in [6.07, 6.45) is -1.81. The van der Waals surface area contributed by atoms with Gasteiger partial charge in [0.25, 0.3) is 5.91 Å². The Kier molecular flexibility index (Phi) is 4.81. The molecule has 0 saturated heterocycles. The van der Waals surface area contributed by atoms with Gasteiger partial charge in [-0.2, -0.15) is 0 Å². The van der Waals surface area contributed by atoms with E-state index in [0.29, 0.717) is 11.4 Å². The van der Waals surface area contributed by atoms with E-state index in [-0.39, 0.29) is 42.1 Å². The lowest BCUT2D eigenvalue weighted by molar-refractivity contribution is -0.274. The number of rotatable bonds is 3. The van der Waals surface area contributed by atoms with Crippen LogP contribution in [0.1, 0.15) is 10.4 Å². The number of carbonyl (C=O) groups excluding carboxylic acids is 1. The minimum absolute atomic E-state index is 0.0325. The van der Waals surface area contributed by atoms with Gasteiger partial charge in [0.1, 0.15) is 30.1 Å². The topological polar surface area (TPSA) is 95.5 Å². The molecule has 0 aliphatic carbocycles. The maximum atomic E-state index is 13.1. The first-order chi connectivity index (χ1) is 15.8. The molecule has 0 bridgehead atoms. The van der Waals surface area contributed by atoms with Crippen molar-refractivity contribution in [1.82, 2.24) is 14.5 Å². The first-order valence-corrected chi connectivity index (χ1v) is 9.82. The number of amides is 1. The minimum atomic E-state index is -4.78. The fourth-order valence-electron chi connectivity index (χ4n) is 3.76. The van der Waals surface area contributed by atoms with Crippen LogP contribution in [0.4, 0.5) is 24.7 Å². The smallest absolute Gasteiger partial charge is 0.475 e. The molecule has 2 aromatic heterocycles. The summed E-state index contributed by atoms with van der Waals surface area (Å²) < 4.78 is 49.1. The van der Waals surface area contributed by atoms with Gasteiger partial charge in [0.2, 0.25) is 5.88 Å². The largest absolute Gasteiger partial charge is 0.573 e. The highest BCUT2D eigenvalue weighted by Crippen LogP contribution is 2.31. The molecule has 2 aromatic carbocycles. The first kappa shape index (κ1) is 20.6. The standard InChI is InChI=1S/C22H16F3N5O3/c23-22(24,25)33-16-3-1-2-14(11-16)29-7-6-13-10-15(4-5-17(13)29)30-8-9-32-20-18(21(30)31)19(26)27-12-28-20/h1-7,10-12H,8-9H2,(H2,26,27,28). The molecule has 4 aromatic rings. The fraction of sp³-hybridized carbons (Fsp3) is 0.136. The molecule has 11 heteroatoms. The monoisotopic (exact) mass is 455 g/mol. The third-order valence-electron chi connectivity index (χ3n) is 5.17. The first-order valence-electron chi connectivity index (χ1n) is 9.82. The maximum absolute atomic E-state index is 13.1. The van der Waals surface area contributed by atoms with Gasteiger partial charge in [0, 0.05) is 29.0 Å². The highest BCUT2D eigenvalue weighted by Gasteiger charge is 2.31. The Bertz CT molecular complexity index is 1370. The van der Waals surface area contributed by atoms with Gasteiger partial charge >= 0.3 is 6.36 Å². The van der Waals surface area contributed by atoms with Crippen molar-refractivity contribution in [2.45, 2.75) is 6.36 Å². The quantitative estimate of drug-likeness (QED) is 0.503. The molecule has 33 heavy (non-hydrogen) atoms. The minimum Gasteiger partial charge on any atom is -0.475 e. The van der Waals surface area contributed by atoms with Gasteiger partial charge < -0.3 is 24.7 Å². The van der Waals surface area contributed by atoms with Gasteiger partial charge in [-0.05, 0) is 36.4 Å². The average Bonchev–Trinajstić information content (AvgIpc) is 3.10. The zero-order valence-corrected chi connectivity index (χ0v) is 16.9. The van der Waals surface area contributed by atoms with Gasteiger partial charge in [0.05, 0.1) is 12.1 Å². The van der Waals surface area contributed by atoms with Gasteiger partial charge in [0.15, 0.2) is 0 Å². The Morgan fingerprint density at radius 1 is 1.06 bits per heavy atom. The van der Waals surface area contributed by atoms with E-state index in [2.05, 4.69) is 14.7 Å². The molecule has 0 unspecified atom stereocenters. The molecule has 2 N–H and O–H groups in total. The third-order valence-corrected chi connectivity index (χ3v) is 5.17. The maximum Gasteiger partial charge on any atom is 0.573 e. The summed E-state index contributed by atoms with van der Waals surface area (Å²) in [6, 6.07) is 12.8. The molecule has 0 atom stereocenters. The van der Waals surface area contributed by atoms with E-state index in [4.69, 9.17) is 10.5 Å². The number of alkyl halides is 3. The molecule has 3 heterocycles. The van der Waals surface area contributed by atoms with Crippen LogP contribution in [-0.2, 0) is 0 Å². The summed E-state index contributed by atoms with van der Waals surface area (Å²) in [5, 5.41) is 0.783. The Balaban J connectivity index is 1.50. The van der Waals surface area contributed by atoms with E-state index in [1.54, 1.807) is 35.0 Å². The molecule has 1 aliphatic rings. The Labute approximate surface area is 185 Å². The molecular formula is C22H16F3N5O3. The van der Waals surface area contributed by atoms with E-state index >= 15 is 0 Å². The molecule has 1 aliphatic heterocycles. The number of aromatic nitrogens is 3. The van der Waals surface area contributed by atoms with Gasteiger partial charge in [-0.3, -0.25) is 4.79 Å². The van der Waals surface area contributed by atoms with Gasteiger partial charge in [-0.25, -0.2) is 9.97 Å². The van der Waals surface area contributed by atoms with Gasteiger partial charge in [-0.1, -0.05) is 6.07 Å². The summed E-state index contributed by atoms with van der Waals surface area (Å²) in [7, 11) is 0. The molecule has 5 rings (SSSR count). The molecular weight excluding hydrogens is 439 g/mol. The second kappa shape index (κ2) is 7.69. The van der Waals surface area contributed by atoms with Crippen molar-refractivity contribution in [2.24, 2.45) is 0 Å². The number of nitrogen functional groups attached to an aromatic ring is 1. The van der Waals surface area contributed by atoms with Crippen molar-refractivity contribution in [2.75, 3.05) is 23.8 Å². The SMILES string of the molecule is Nc1ncnc2c1C(=O)N(c1ccc3c(ccn3-c3cccc(OC(F)(F)F)c3)c1)CCO2. The van der Waals surface area contributed by atoms with Gasteiger partial charge in [-0.15, -0.1) is 13.2 Å². The number of benzene rings is 2. The summed E-state index contributed by atoms with van der Waals surface area (Å²) in [5.74, 6) is -0.517. The molecule has 168 valence electrons. The van der Waals surface area contributed by atoms with Crippen molar-refractivity contribution < 1.29 is 27.4 Å². The van der Waals surface area contributed by atoms with Crippen LogP contribution in [0.3, 0.4) is 0 Å². The molecule has 1 amide bonds. The summed E-state index contributed by atoms with van der Waals surface area (Å²) in [5.41, 5.74) is 7.84. The van der Waals surface area contributed by atoms with E-state index in [1.807, 2.05) is 6.07 Å². The molecule has 0 saturated carbocycles. The molecule has 8 nitrogen and oxygen atoms in total. The number of carbonyl (C=O) groups is 1. The number of nitrogens with zero attached hydrogens (tertiary/aromatic N) is 4. The lowest BCUT2D eigenvalue weighted by atomic mass is 10.2. The van der Waals surface area contributed by atoms with Crippen molar-refractivity contribution in [3.63, 3.8) is 0 Å². The van der Waals surface area contributed by atoms with Crippen LogP contribution in [0, 0.1) is 0 Å². The number of nitrogens with two attached hydrogens (primary N) is 1. The second-order valence-corrected chi connectivity index (χ2v) is 7.22. The van der Waals surface area contributed by atoms with Crippen LogP contribution in [0.15, 0.2) is 61.1 Å². The Hall–Kier alpha value is -4.28. The van der Waals surface area contributed by atoms with Crippen molar-refractivity contribution in [3.05, 3.63) is 66.6 Å². The van der Waals surface area contributed by atoms with Crippen molar-refractivity contribution in [1.29, 1.82) is 0 Å². The second-order valence-electron chi connectivity index (χ2n) is 7.22. The van der Waals surface area contributed by atoms with E-state index in [1.165, 1.54) is 29.4 Å². The predicted molar refractivity (Wildman–Crippen MR) is 114 cm³/mol. The fourth-order valence-corrected chi connectivity index (χ4v) is 3.76. The zero-order chi connectivity index (χ0) is 23.2. The van der Waals surface area contributed by atoms with Crippen LogP contribution >= 0.6 is 0 Å². The van der Waals surface area contributed by atoms with Crippen molar-refractivity contribution >= 4 is 28.3 Å². The van der Waals surface area contributed by atoms with E-state index in [9.17, 15) is 18.0 Å².